The molecule has 0 saturated carbocycles. The first-order valence-corrected chi connectivity index (χ1v) is 8.64. The lowest BCUT2D eigenvalue weighted by Crippen LogP contribution is -2.30. The SMILES string of the molecule is COc1ccc(NC(=O)CNC(C)c2ccc(F)cc2)cc1OC.O=C(O)C(=O)O. The van der Waals surface area contributed by atoms with Crippen molar-refractivity contribution in [1.82, 2.24) is 5.32 Å². The lowest BCUT2D eigenvalue weighted by molar-refractivity contribution is -0.159. The fourth-order valence-corrected chi connectivity index (χ4v) is 2.23. The predicted octanol–water partition coefficient (Wildman–Crippen LogP) is 2.29. The molecular weight excluding hydrogens is 399 g/mol. The lowest BCUT2D eigenvalue weighted by Gasteiger charge is -2.15. The third-order valence-electron chi connectivity index (χ3n) is 3.79. The molecule has 0 radical (unpaired) electrons. The quantitative estimate of drug-likeness (QED) is 0.500. The first kappa shape index (κ1) is 24.4. The van der Waals surface area contributed by atoms with E-state index in [2.05, 4.69) is 10.6 Å². The minimum atomic E-state index is -1.82. The normalized spacial score (nSPS) is 10.8. The number of rotatable bonds is 7. The fraction of sp³-hybridized carbons (Fsp3) is 0.250. The van der Waals surface area contributed by atoms with Crippen molar-refractivity contribution in [3.63, 3.8) is 0 Å². The predicted molar refractivity (Wildman–Crippen MR) is 106 cm³/mol. The van der Waals surface area contributed by atoms with Crippen LogP contribution in [-0.2, 0) is 14.4 Å². The minimum absolute atomic E-state index is 0.0678. The van der Waals surface area contributed by atoms with Gasteiger partial charge in [-0.1, -0.05) is 12.1 Å². The summed E-state index contributed by atoms with van der Waals surface area (Å²) in [4.78, 5) is 30.2. The number of aliphatic carboxylic acids is 2. The number of carbonyl (C=O) groups is 3. The van der Waals surface area contributed by atoms with Gasteiger partial charge in [-0.15, -0.1) is 0 Å². The molecule has 2 aromatic rings. The third kappa shape index (κ3) is 8.15. The van der Waals surface area contributed by atoms with E-state index in [0.717, 1.165) is 5.56 Å². The summed E-state index contributed by atoms with van der Waals surface area (Å²) in [6.07, 6.45) is 0. The van der Waals surface area contributed by atoms with Crippen molar-refractivity contribution in [2.24, 2.45) is 0 Å². The highest BCUT2D eigenvalue weighted by Crippen LogP contribution is 2.29. The molecule has 2 aromatic carbocycles. The van der Waals surface area contributed by atoms with E-state index in [-0.39, 0.29) is 24.3 Å². The van der Waals surface area contributed by atoms with Crippen LogP contribution in [0.3, 0.4) is 0 Å². The molecule has 0 heterocycles. The van der Waals surface area contributed by atoms with Gasteiger partial charge in [0.1, 0.15) is 5.82 Å². The molecule has 1 atom stereocenters. The number of carboxylic acids is 2. The molecule has 1 unspecified atom stereocenters. The molecule has 9 nitrogen and oxygen atoms in total. The van der Waals surface area contributed by atoms with Crippen molar-refractivity contribution in [3.8, 4) is 11.5 Å². The maximum absolute atomic E-state index is 12.9. The van der Waals surface area contributed by atoms with Crippen molar-refractivity contribution >= 4 is 23.5 Å². The average molecular weight is 422 g/mol. The van der Waals surface area contributed by atoms with Gasteiger partial charge in [0.2, 0.25) is 5.91 Å². The van der Waals surface area contributed by atoms with Crippen LogP contribution in [0.5, 0.6) is 11.5 Å². The number of hydrogen-bond donors (Lipinski definition) is 4. The summed E-state index contributed by atoms with van der Waals surface area (Å²) in [5, 5.41) is 20.7. The summed E-state index contributed by atoms with van der Waals surface area (Å²) in [6.45, 7) is 2.05. The van der Waals surface area contributed by atoms with Crippen molar-refractivity contribution in [1.29, 1.82) is 0 Å². The Bertz CT molecular complexity index is 860. The summed E-state index contributed by atoms with van der Waals surface area (Å²) in [5.41, 5.74) is 1.53. The van der Waals surface area contributed by atoms with Gasteiger partial charge in [-0.3, -0.25) is 4.79 Å². The standard InChI is InChI=1S/C18H21FN2O3.C2H2O4/c1-12(13-4-6-14(19)7-5-13)20-11-18(22)21-15-8-9-16(23-2)17(10-15)24-3;3-1(4)2(5)6/h4-10,12,20H,11H2,1-3H3,(H,21,22);(H,3,4)(H,5,6). The van der Waals surface area contributed by atoms with Gasteiger partial charge >= 0.3 is 11.9 Å². The molecule has 0 aliphatic heterocycles. The van der Waals surface area contributed by atoms with Crippen LogP contribution >= 0.6 is 0 Å². The van der Waals surface area contributed by atoms with Crippen LogP contribution in [0.1, 0.15) is 18.5 Å². The Morgan fingerprint density at radius 1 is 0.967 bits per heavy atom. The number of ether oxygens (including phenoxy) is 2. The smallest absolute Gasteiger partial charge is 0.414 e. The third-order valence-corrected chi connectivity index (χ3v) is 3.79. The van der Waals surface area contributed by atoms with Crippen LogP contribution in [0, 0.1) is 5.82 Å². The zero-order valence-electron chi connectivity index (χ0n) is 16.6. The molecular formula is C20H23FN2O7. The second kappa shape index (κ2) is 12.0. The number of carboxylic acid groups (broad SMARTS) is 2. The summed E-state index contributed by atoms with van der Waals surface area (Å²) >= 11 is 0. The second-order valence-electron chi connectivity index (χ2n) is 5.88. The van der Waals surface area contributed by atoms with Gasteiger partial charge in [0, 0.05) is 17.8 Å². The molecule has 30 heavy (non-hydrogen) atoms. The minimum Gasteiger partial charge on any atom is -0.493 e. The first-order valence-electron chi connectivity index (χ1n) is 8.64. The van der Waals surface area contributed by atoms with E-state index in [1.54, 1.807) is 37.4 Å². The van der Waals surface area contributed by atoms with Gasteiger partial charge in [-0.2, -0.15) is 0 Å². The maximum Gasteiger partial charge on any atom is 0.414 e. The summed E-state index contributed by atoms with van der Waals surface area (Å²) in [5.74, 6) is -2.97. The molecule has 0 saturated heterocycles. The second-order valence-corrected chi connectivity index (χ2v) is 5.88. The van der Waals surface area contributed by atoms with Crippen LogP contribution in [-0.4, -0.2) is 48.8 Å². The molecule has 0 aliphatic rings. The highest BCUT2D eigenvalue weighted by Gasteiger charge is 2.10. The number of nitrogens with one attached hydrogen (secondary N) is 2. The zero-order valence-corrected chi connectivity index (χ0v) is 16.6. The number of halogens is 1. The molecule has 0 spiro atoms. The maximum atomic E-state index is 12.9. The van der Waals surface area contributed by atoms with E-state index in [0.29, 0.717) is 17.2 Å². The van der Waals surface area contributed by atoms with Crippen LogP contribution in [0.4, 0.5) is 10.1 Å². The van der Waals surface area contributed by atoms with E-state index in [1.807, 2.05) is 6.92 Å². The van der Waals surface area contributed by atoms with Gasteiger partial charge in [0.05, 0.1) is 20.8 Å². The van der Waals surface area contributed by atoms with Crippen LogP contribution in [0.2, 0.25) is 0 Å². The Balaban J connectivity index is 0.000000656. The summed E-state index contributed by atoms with van der Waals surface area (Å²) in [7, 11) is 3.09. The van der Waals surface area contributed by atoms with E-state index < -0.39 is 11.9 Å². The van der Waals surface area contributed by atoms with E-state index in [9.17, 15) is 9.18 Å². The summed E-state index contributed by atoms with van der Waals surface area (Å²) < 4.78 is 23.3. The van der Waals surface area contributed by atoms with Crippen LogP contribution in [0.15, 0.2) is 42.5 Å². The number of benzene rings is 2. The largest absolute Gasteiger partial charge is 0.493 e. The Labute approximate surface area is 172 Å². The molecule has 162 valence electrons. The van der Waals surface area contributed by atoms with Gasteiger partial charge in [-0.05, 0) is 36.8 Å². The molecule has 0 fully saturated rings. The average Bonchev–Trinajstić information content (AvgIpc) is 2.72. The number of anilines is 1. The van der Waals surface area contributed by atoms with Crippen molar-refractivity contribution < 1.29 is 38.5 Å². The Kier molecular flexibility index (Phi) is 9.77. The van der Waals surface area contributed by atoms with Crippen molar-refractivity contribution in [2.45, 2.75) is 13.0 Å². The molecule has 10 heteroatoms. The number of amides is 1. The van der Waals surface area contributed by atoms with Gasteiger partial charge in [-0.25, -0.2) is 14.0 Å². The topological polar surface area (TPSA) is 134 Å². The number of hydrogen-bond acceptors (Lipinski definition) is 6. The van der Waals surface area contributed by atoms with Gasteiger partial charge < -0.3 is 30.3 Å². The van der Waals surface area contributed by atoms with Gasteiger partial charge in [0.25, 0.3) is 0 Å². The summed E-state index contributed by atoms with van der Waals surface area (Å²) in [6, 6.07) is 11.3. The van der Waals surface area contributed by atoms with Gasteiger partial charge in [0.15, 0.2) is 11.5 Å². The van der Waals surface area contributed by atoms with Crippen molar-refractivity contribution in [3.05, 3.63) is 53.8 Å². The molecule has 0 aliphatic carbocycles. The van der Waals surface area contributed by atoms with E-state index >= 15 is 0 Å². The fourth-order valence-electron chi connectivity index (χ4n) is 2.23. The van der Waals surface area contributed by atoms with E-state index in [1.165, 1.54) is 19.2 Å². The van der Waals surface area contributed by atoms with E-state index in [4.69, 9.17) is 29.3 Å². The first-order chi connectivity index (χ1) is 14.2. The molecule has 0 aromatic heterocycles. The molecule has 4 N–H and O–H groups in total. The highest BCUT2D eigenvalue weighted by atomic mass is 19.1. The monoisotopic (exact) mass is 422 g/mol. The highest BCUT2D eigenvalue weighted by molar-refractivity contribution is 6.27. The lowest BCUT2D eigenvalue weighted by atomic mass is 10.1. The molecule has 2 rings (SSSR count). The number of carbonyl (C=O) groups excluding carboxylic acids is 1. The van der Waals surface area contributed by atoms with Crippen molar-refractivity contribution in [2.75, 3.05) is 26.1 Å². The Morgan fingerprint density at radius 2 is 1.53 bits per heavy atom. The van der Waals surface area contributed by atoms with Crippen LogP contribution in [0.25, 0.3) is 0 Å². The Morgan fingerprint density at radius 3 is 2.03 bits per heavy atom. The molecule has 1 amide bonds. The zero-order chi connectivity index (χ0) is 22.7. The molecule has 0 bridgehead atoms. The number of methoxy groups -OCH3 is 2. The van der Waals surface area contributed by atoms with Crippen LogP contribution < -0.4 is 20.1 Å². The Hall–Kier alpha value is -3.66.